The zero-order valence-corrected chi connectivity index (χ0v) is 10.1. The molecule has 0 radical (unpaired) electrons. The Labute approximate surface area is 96.1 Å². The summed E-state index contributed by atoms with van der Waals surface area (Å²) in [5.74, 6) is -0.238. The van der Waals surface area contributed by atoms with Crippen LogP contribution in [0.25, 0.3) is 0 Å². The monoisotopic (exact) mass is 226 g/mol. The number of aryl methyl sites for hydroxylation is 1. The fraction of sp³-hybridized carbons (Fsp3) is 0.538. The Balaban J connectivity index is 2.71. The average Bonchev–Trinajstić information content (AvgIpc) is 2.19. The highest BCUT2D eigenvalue weighted by atomic mass is 19.1. The predicted octanol–water partition coefficient (Wildman–Crippen LogP) is 2.46. The molecule has 0 aromatic heterocycles. The zero-order valence-electron chi connectivity index (χ0n) is 10.1. The molecule has 1 N–H and O–H groups in total. The minimum Gasteiger partial charge on any atom is -0.390 e. The summed E-state index contributed by atoms with van der Waals surface area (Å²) in [5, 5.41) is 10.1. The molecule has 1 aromatic carbocycles. The van der Waals surface area contributed by atoms with Crippen LogP contribution < -0.4 is 0 Å². The first-order valence-electron chi connectivity index (χ1n) is 5.41. The molecular weight excluding hydrogens is 207 g/mol. The third-order valence-electron chi connectivity index (χ3n) is 2.72. The summed E-state index contributed by atoms with van der Waals surface area (Å²) in [5.41, 5.74) is 1.04. The van der Waals surface area contributed by atoms with Gasteiger partial charge >= 0.3 is 0 Å². The topological polar surface area (TPSA) is 29.5 Å². The largest absolute Gasteiger partial charge is 0.390 e. The second kappa shape index (κ2) is 5.41. The maximum absolute atomic E-state index is 12.9. The van der Waals surface area contributed by atoms with Crippen LogP contribution in [0.2, 0.25) is 0 Å². The Kier molecular flexibility index (Phi) is 4.44. The van der Waals surface area contributed by atoms with Crippen LogP contribution in [0, 0.1) is 12.7 Å². The zero-order chi connectivity index (χ0) is 12.2. The van der Waals surface area contributed by atoms with E-state index in [9.17, 15) is 9.50 Å². The molecule has 0 saturated carbocycles. The molecule has 3 heteroatoms. The van der Waals surface area contributed by atoms with E-state index in [2.05, 4.69) is 0 Å². The molecule has 0 aliphatic heterocycles. The Bertz CT molecular complexity index is 348. The van der Waals surface area contributed by atoms with Gasteiger partial charge in [-0.15, -0.1) is 0 Å². The van der Waals surface area contributed by atoms with Gasteiger partial charge < -0.3 is 9.84 Å². The maximum atomic E-state index is 12.9. The van der Waals surface area contributed by atoms with E-state index < -0.39 is 5.60 Å². The van der Waals surface area contributed by atoms with Crippen LogP contribution in [-0.2, 0) is 11.2 Å². The lowest BCUT2D eigenvalue weighted by Gasteiger charge is -2.23. The normalized spacial score (nSPS) is 14.8. The van der Waals surface area contributed by atoms with Gasteiger partial charge in [-0.05, 0) is 43.5 Å². The van der Waals surface area contributed by atoms with Gasteiger partial charge in [0.05, 0.1) is 5.60 Å². The van der Waals surface area contributed by atoms with E-state index >= 15 is 0 Å². The second-order valence-electron chi connectivity index (χ2n) is 4.49. The van der Waals surface area contributed by atoms with Gasteiger partial charge in [0.1, 0.15) is 5.82 Å². The fourth-order valence-electron chi connectivity index (χ4n) is 1.68. The van der Waals surface area contributed by atoms with Crippen molar-refractivity contribution in [3.63, 3.8) is 0 Å². The summed E-state index contributed by atoms with van der Waals surface area (Å²) >= 11 is 0. The van der Waals surface area contributed by atoms with Crippen LogP contribution >= 0.6 is 0 Å². The van der Waals surface area contributed by atoms with E-state index in [0.29, 0.717) is 19.4 Å². The predicted molar refractivity (Wildman–Crippen MR) is 62.0 cm³/mol. The minimum absolute atomic E-state index is 0.238. The quantitative estimate of drug-likeness (QED) is 0.835. The number of hydrogen-bond donors (Lipinski definition) is 1. The third kappa shape index (κ3) is 3.91. The fourth-order valence-corrected chi connectivity index (χ4v) is 1.68. The van der Waals surface area contributed by atoms with Gasteiger partial charge in [-0.3, -0.25) is 0 Å². The molecule has 1 rings (SSSR count). The maximum Gasteiger partial charge on any atom is 0.123 e. The molecule has 1 atom stereocenters. The Morgan fingerprint density at radius 3 is 2.69 bits per heavy atom. The van der Waals surface area contributed by atoms with Crippen molar-refractivity contribution >= 4 is 0 Å². The summed E-state index contributed by atoms with van der Waals surface area (Å²) in [7, 11) is 1.61. The molecule has 1 aromatic rings. The number of aliphatic hydroxyl groups is 1. The van der Waals surface area contributed by atoms with Gasteiger partial charge in [0.25, 0.3) is 0 Å². The molecule has 0 fully saturated rings. The Hall–Kier alpha value is -0.930. The van der Waals surface area contributed by atoms with Crippen molar-refractivity contribution in [1.29, 1.82) is 0 Å². The summed E-state index contributed by atoms with van der Waals surface area (Å²) in [4.78, 5) is 0. The molecule has 0 aliphatic rings. The van der Waals surface area contributed by atoms with Gasteiger partial charge in [0.2, 0.25) is 0 Å². The van der Waals surface area contributed by atoms with Gasteiger partial charge in [-0.2, -0.15) is 0 Å². The van der Waals surface area contributed by atoms with Gasteiger partial charge in [0.15, 0.2) is 0 Å². The Morgan fingerprint density at radius 2 is 2.12 bits per heavy atom. The molecule has 0 bridgehead atoms. The molecule has 2 nitrogen and oxygen atoms in total. The first kappa shape index (κ1) is 13.1. The van der Waals surface area contributed by atoms with Crippen molar-refractivity contribution in [2.24, 2.45) is 0 Å². The van der Waals surface area contributed by atoms with Crippen molar-refractivity contribution in [2.75, 3.05) is 13.7 Å². The number of ether oxygens (including phenoxy) is 1. The van der Waals surface area contributed by atoms with Crippen molar-refractivity contribution in [2.45, 2.75) is 32.3 Å². The molecule has 0 amide bonds. The smallest absolute Gasteiger partial charge is 0.123 e. The number of halogens is 1. The first-order valence-corrected chi connectivity index (χ1v) is 5.41. The highest BCUT2D eigenvalue weighted by molar-refractivity contribution is 5.27. The molecule has 0 spiro atoms. The summed E-state index contributed by atoms with van der Waals surface area (Å²) < 4.78 is 17.8. The molecule has 0 aliphatic carbocycles. The van der Waals surface area contributed by atoms with Crippen molar-refractivity contribution < 1.29 is 14.2 Å². The van der Waals surface area contributed by atoms with E-state index in [4.69, 9.17) is 4.74 Å². The lowest BCUT2D eigenvalue weighted by Crippen LogP contribution is -2.29. The van der Waals surface area contributed by atoms with Crippen LogP contribution in [0.1, 0.15) is 24.5 Å². The van der Waals surface area contributed by atoms with Gasteiger partial charge in [-0.25, -0.2) is 4.39 Å². The lowest BCUT2D eigenvalue weighted by atomic mass is 9.91. The molecule has 0 heterocycles. The van der Waals surface area contributed by atoms with Gasteiger partial charge in [0, 0.05) is 20.1 Å². The Morgan fingerprint density at radius 1 is 1.44 bits per heavy atom. The minimum atomic E-state index is -0.807. The molecular formula is C13H19FO2. The molecule has 90 valence electrons. The standard InChI is InChI=1S/C13H19FO2/c1-10-8-12(14)5-4-11(10)9-13(2,15)6-7-16-3/h4-5,8,15H,6-7,9H2,1-3H3. The summed E-state index contributed by atoms with van der Waals surface area (Å²) in [6.45, 7) is 4.15. The first-order chi connectivity index (χ1) is 7.44. The van der Waals surface area contributed by atoms with Gasteiger partial charge in [-0.1, -0.05) is 6.07 Å². The van der Waals surface area contributed by atoms with Crippen molar-refractivity contribution in [1.82, 2.24) is 0 Å². The SMILES string of the molecule is COCCC(C)(O)Cc1ccc(F)cc1C. The highest BCUT2D eigenvalue weighted by Gasteiger charge is 2.21. The van der Waals surface area contributed by atoms with E-state index in [1.54, 1.807) is 20.1 Å². The number of rotatable bonds is 5. The number of hydrogen-bond acceptors (Lipinski definition) is 2. The second-order valence-corrected chi connectivity index (χ2v) is 4.49. The molecule has 0 saturated heterocycles. The van der Waals surface area contributed by atoms with E-state index in [1.807, 2.05) is 6.92 Å². The molecule has 1 unspecified atom stereocenters. The van der Waals surface area contributed by atoms with Crippen molar-refractivity contribution in [3.05, 3.63) is 35.1 Å². The third-order valence-corrected chi connectivity index (χ3v) is 2.72. The van der Waals surface area contributed by atoms with E-state index in [1.165, 1.54) is 12.1 Å². The lowest BCUT2D eigenvalue weighted by molar-refractivity contribution is 0.0248. The summed E-state index contributed by atoms with van der Waals surface area (Å²) in [6, 6.07) is 4.64. The number of benzene rings is 1. The average molecular weight is 226 g/mol. The number of methoxy groups -OCH3 is 1. The summed E-state index contributed by atoms with van der Waals surface area (Å²) in [6.07, 6.45) is 1.09. The molecule has 16 heavy (non-hydrogen) atoms. The van der Waals surface area contributed by atoms with Crippen LogP contribution in [0.5, 0.6) is 0 Å². The van der Waals surface area contributed by atoms with Crippen LogP contribution in [0.4, 0.5) is 4.39 Å². The highest BCUT2D eigenvalue weighted by Crippen LogP contribution is 2.20. The van der Waals surface area contributed by atoms with Crippen LogP contribution in [0.15, 0.2) is 18.2 Å². The van der Waals surface area contributed by atoms with E-state index in [-0.39, 0.29) is 5.82 Å². The van der Waals surface area contributed by atoms with E-state index in [0.717, 1.165) is 11.1 Å². The van der Waals surface area contributed by atoms with Crippen molar-refractivity contribution in [3.8, 4) is 0 Å². The van der Waals surface area contributed by atoms with Crippen LogP contribution in [-0.4, -0.2) is 24.4 Å². The van der Waals surface area contributed by atoms with Crippen LogP contribution in [0.3, 0.4) is 0 Å².